The molecule has 7 nitrogen and oxygen atoms in total. The van der Waals surface area contributed by atoms with Gasteiger partial charge in [-0.15, -0.1) is 5.10 Å². The summed E-state index contributed by atoms with van der Waals surface area (Å²) < 4.78 is 1.61. The molecule has 2 aromatic heterocycles. The van der Waals surface area contributed by atoms with Crippen LogP contribution in [0.2, 0.25) is 0 Å². The molecule has 4 rings (SSSR count). The maximum absolute atomic E-state index is 13.1. The Morgan fingerprint density at radius 3 is 2.62 bits per heavy atom. The van der Waals surface area contributed by atoms with E-state index in [0.717, 1.165) is 30.9 Å². The highest BCUT2D eigenvalue weighted by Gasteiger charge is 2.32. The molecule has 1 unspecified atom stereocenters. The highest BCUT2D eigenvalue weighted by molar-refractivity contribution is 5.77. The summed E-state index contributed by atoms with van der Waals surface area (Å²) in [6.07, 6.45) is 1.86. The molecule has 1 atom stereocenters. The summed E-state index contributed by atoms with van der Waals surface area (Å²) in [6, 6.07) is 11.3. The van der Waals surface area contributed by atoms with Crippen molar-refractivity contribution in [2.24, 2.45) is 0 Å². The quantitative estimate of drug-likeness (QED) is 0.734. The molecule has 0 radical (unpaired) electrons. The lowest BCUT2D eigenvalue weighted by molar-refractivity contribution is 0.270. The number of hydrogen-bond acceptors (Lipinski definition) is 6. The number of aliphatic hydroxyl groups excluding tert-OH is 1. The van der Waals surface area contributed by atoms with Crippen LogP contribution >= 0.6 is 0 Å². The number of anilines is 1. The average Bonchev–Trinajstić information content (AvgIpc) is 3.19. The topological polar surface area (TPSA) is 84.1 Å². The summed E-state index contributed by atoms with van der Waals surface area (Å²) in [7, 11) is 0. The zero-order valence-electron chi connectivity index (χ0n) is 17.2. The number of nitrogens with zero attached hydrogens (tertiary/aromatic N) is 5. The number of benzene rings is 1. The normalized spacial score (nSPS) is 17.2. The third-order valence-electron chi connectivity index (χ3n) is 5.48. The molecule has 0 spiro atoms. The summed E-state index contributed by atoms with van der Waals surface area (Å²) in [5.74, 6) is 1.47. The number of hydrogen-bond donors (Lipinski definition) is 1. The number of para-hydroxylation sites is 1. The minimum Gasteiger partial charge on any atom is -0.395 e. The van der Waals surface area contributed by atoms with Gasteiger partial charge in [0.25, 0.3) is 5.56 Å². The third kappa shape index (κ3) is 3.62. The van der Waals surface area contributed by atoms with Crippen molar-refractivity contribution in [3.63, 3.8) is 0 Å². The van der Waals surface area contributed by atoms with E-state index in [2.05, 4.69) is 35.9 Å². The molecule has 29 heavy (non-hydrogen) atoms. The van der Waals surface area contributed by atoms with Gasteiger partial charge in [-0.2, -0.15) is 5.10 Å². The first kappa shape index (κ1) is 19.5. The second-order valence-electron chi connectivity index (χ2n) is 8.55. The standard InChI is InChI=1S/C22H27N5O2/c1-22(2,3)18-10-11-19(25-24-18)26-12-6-9-17(26)20-23-16-8-5-4-7-15(16)21(29)27(20)13-14-28/h4-5,7-8,10-11,17,28H,6,9,12-14H2,1-3H3. The van der Waals surface area contributed by atoms with Gasteiger partial charge in [0, 0.05) is 12.0 Å². The fourth-order valence-corrected chi connectivity index (χ4v) is 3.94. The molecule has 1 aromatic carbocycles. The lowest BCUT2D eigenvalue weighted by Gasteiger charge is -2.27. The Morgan fingerprint density at radius 2 is 1.93 bits per heavy atom. The number of fused-ring (bicyclic) bond motifs is 1. The maximum Gasteiger partial charge on any atom is 0.261 e. The van der Waals surface area contributed by atoms with Gasteiger partial charge in [0.1, 0.15) is 5.82 Å². The van der Waals surface area contributed by atoms with Gasteiger partial charge in [0.2, 0.25) is 0 Å². The first-order chi connectivity index (χ1) is 13.9. The van der Waals surface area contributed by atoms with Gasteiger partial charge in [0.15, 0.2) is 5.82 Å². The van der Waals surface area contributed by atoms with E-state index in [-0.39, 0.29) is 30.2 Å². The van der Waals surface area contributed by atoms with E-state index < -0.39 is 0 Å². The predicted molar refractivity (Wildman–Crippen MR) is 113 cm³/mol. The lowest BCUT2D eigenvalue weighted by Crippen LogP contribution is -2.33. The molecule has 1 N–H and O–H groups in total. The van der Waals surface area contributed by atoms with Crippen LogP contribution in [0.15, 0.2) is 41.2 Å². The molecule has 1 aliphatic rings. The van der Waals surface area contributed by atoms with Crippen LogP contribution in [0, 0.1) is 0 Å². The van der Waals surface area contributed by atoms with Crippen molar-refractivity contribution in [2.45, 2.75) is 51.6 Å². The van der Waals surface area contributed by atoms with Crippen LogP contribution in [0.5, 0.6) is 0 Å². The molecule has 0 saturated carbocycles. The van der Waals surface area contributed by atoms with Gasteiger partial charge in [-0.1, -0.05) is 32.9 Å². The van der Waals surface area contributed by atoms with Crippen LogP contribution in [0.4, 0.5) is 5.82 Å². The first-order valence-corrected chi connectivity index (χ1v) is 10.1. The number of aliphatic hydroxyl groups is 1. The van der Waals surface area contributed by atoms with E-state index in [4.69, 9.17) is 4.98 Å². The van der Waals surface area contributed by atoms with E-state index in [1.807, 2.05) is 30.3 Å². The van der Waals surface area contributed by atoms with Crippen LogP contribution in [-0.2, 0) is 12.0 Å². The summed E-state index contributed by atoms with van der Waals surface area (Å²) in [5, 5.41) is 19.0. The molecule has 0 amide bonds. The van der Waals surface area contributed by atoms with E-state index in [9.17, 15) is 9.90 Å². The van der Waals surface area contributed by atoms with Crippen LogP contribution in [-0.4, -0.2) is 38.0 Å². The molecule has 1 aliphatic heterocycles. The minimum absolute atomic E-state index is 0.0581. The van der Waals surface area contributed by atoms with Crippen molar-refractivity contribution < 1.29 is 5.11 Å². The number of aromatic nitrogens is 4. The maximum atomic E-state index is 13.1. The molecule has 0 bridgehead atoms. The lowest BCUT2D eigenvalue weighted by atomic mass is 9.92. The Bertz CT molecular complexity index is 1070. The molecular weight excluding hydrogens is 366 g/mol. The van der Waals surface area contributed by atoms with Crippen LogP contribution in [0.3, 0.4) is 0 Å². The van der Waals surface area contributed by atoms with Gasteiger partial charge in [-0.3, -0.25) is 9.36 Å². The van der Waals surface area contributed by atoms with Crippen molar-refractivity contribution in [1.82, 2.24) is 19.7 Å². The van der Waals surface area contributed by atoms with Crippen LogP contribution in [0.25, 0.3) is 10.9 Å². The summed E-state index contributed by atoms with van der Waals surface area (Å²) in [4.78, 5) is 20.1. The van der Waals surface area contributed by atoms with Crippen LogP contribution in [0.1, 0.15) is 51.2 Å². The third-order valence-corrected chi connectivity index (χ3v) is 5.48. The SMILES string of the molecule is CC(C)(C)c1ccc(N2CCCC2c2nc3ccccc3c(=O)n2CCO)nn1. The zero-order chi connectivity index (χ0) is 20.6. The Hall–Kier alpha value is -2.80. The average molecular weight is 393 g/mol. The molecule has 1 saturated heterocycles. The Morgan fingerprint density at radius 1 is 1.14 bits per heavy atom. The van der Waals surface area contributed by atoms with Crippen LogP contribution < -0.4 is 10.5 Å². The second-order valence-corrected chi connectivity index (χ2v) is 8.55. The van der Waals surface area contributed by atoms with E-state index in [1.54, 1.807) is 10.6 Å². The summed E-state index contributed by atoms with van der Waals surface area (Å²) in [6.45, 7) is 7.28. The predicted octanol–water partition coefficient (Wildman–Crippen LogP) is 2.82. The second kappa shape index (κ2) is 7.55. The Labute approximate surface area is 170 Å². The largest absolute Gasteiger partial charge is 0.395 e. The number of rotatable bonds is 4. The van der Waals surface area contributed by atoms with Crippen molar-refractivity contribution in [3.8, 4) is 0 Å². The fourth-order valence-electron chi connectivity index (χ4n) is 3.94. The van der Waals surface area contributed by atoms with Gasteiger partial charge < -0.3 is 10.0 Å². The highest BCUT2D eigenvalue weighted by atomic mass is 16.3. The Kier molecular flexibility index (Phi) is 5.08. The molecule has 1 fully saturated rings. The minimum atomic E-state index is -0.111. The molecule has 152 valence electrons. The van der Waals surface area contributed by atoms with Gasteiger partial charge in [-0.25, -0.2) is 4.98 Å². The van der Waals surface area contributed by atoms with Gasteiger partial charge in [-0.05, 0) is 37.1 Å². The summed E-state index contributed by atoms with van der Waals surface area (Å²) >= 11 is 0. The molecular formula is C22H27N5O2. The Balaban J connectivity index is 1.78. The first-order valence-electron chi connectivity index (χ1n) is 10.1. The van der Waals surface area contributed by atoms with E-state index in [0.29, 0.717) is 16.7 Å². The molecule has 3 heterocycles. The molecule has 3 aromatic rings. The van der Waals surface area contributed by atoms with E-state index in [1.165, 1.54) is 0 Å². The highest BCUT2D eigenvalue weighted by Crippen LogP contribution is 2.34. The zero-order valence-corrected chi connectivity index (χ0v) is 17.2. The molecule has 7 heteroatoms. The monoisotopic (exact) mass is 393 g/mol. The van der Waals surface area contributed by atoms with E-state index >= 15 is 0 Å². The summed E-state index contributed by atoms with van der Waals surface area (Å²) in [5.41, 5.74) is 1.46. The van der Waals surface area contributed by atoms with Gasteiger partial charge >= 0.3 is 0 Å². The van der Waals surface area contributed by atoms with Crippen molar-refractivity contribution in [1.29, 1.82) is 0 Å². The van der Waals surface area contributed by atoms with Gasteiger partial charge in [0.05, 0.1) is 35.8 Å². The smallest absolute Gasteiger partial charge is 0.261 e. The fraction of sp³-hybridized carbons (Fsp3) is 0.455. The molecule has 0 aliphatic carbocycles. The van der Waals surface area contributed by atoms with Crippen molar-refractivity contribution >= 4 is 16.7 Å². The van der Waals surface area contributed by atoms with Crippen molar-refractivity contribution in [2.75, 3.05) is 18.1 Å². The van der Waals surface area contributed by atoms with Crippen molar-refractivity contribution in [3.05, 3.63) is 58.3 Å².